The summed E-state index contributed by atoms with van der Waals surface area (Å²) >= 11 is 0. The van der Waals surface area contributed by atoms with Gasteiger partial charge in [0.15, 0.2) is 0 Å². The highest BCUT2D eigenvalue weighted by Crippen LogP contribution is 2.42. The van der Waals surface area contributed by atoms with Crippen molar-refractivity contribution < 1.29 is 8.83 Å². The quantitative estimate of drug-likeness (QED) is 0.171. The Morgan fingerprint density at radius 2 is 0.625 bits per heavy atom. The minimum atomic E-state index is 0.850. The molecular formula is C52H36N2O2. The molecule has 56 heavy (non-hydrogen) atoms. The summed E-state index contributed by atoms with van der Waals surface area (Å²) in [5, 5.41) is 8.80. The van der Waals surface area contributed by atoms with Crippen molar-refractivity contribution in [3.63, 3.8) is 0 Å². The first-order valence-corrected chi connectivity index (χ1v) is 19.1. The average Bonchev–Trinajstić information content (AvgIpc) is 3.76. The number of hydrogen-bond donors (Lipinski definition) is 0. The Morgan fingerprint density at radius 1 is 0.286 bits per heavy atom. The fourth-order valence-corrected chi connectivity index (χ4v) is 8.22. The van der Waals surface area contributed by atoms with E-state index in [2.05, 4.69) is 206 Å². The molecule has 2 heterocycles. The van der Waals surface area contributed by atoms with Gasteiger partial charge in [0.25, 0.3) is 0 Å². The van der Waals surface area contributed by atoms with Crippen molar-refractivity contribution in [2.75, 3.05) is 9.80 Å². The maximum Gasteiger partial charge on any atom is 0.136 e. The molecule has 9 aromatic carbocycles. The molecule has 0 aliphatic carbocycles. The summed E-state index contributed by atoms with van der Waals surface area (Å²) in [6.07, 6.45) is 0. The average molecular weight is 721 g/mol. The molecule has 11 aromatic rings. The van der Waals surface area contributed by atoms with Crippen LogP contribution in [-0.4, -0.2) is 0 Å². The highest BCUT2D eigenvalue weighted by Gasteiger charge is 2.18. The van der Waals surface area contributed by atoms with Crippen LogP contribution in [0.3, 0.4) is 0 Å². The zero-order chi connectivity index (χ0) is 37.3. The summed E-state index contributed by atoms with van der Waals surface area (Å²) < 4.78 is 13.3. The van der Waals surface area contributed by atoms with Crippen LogP contribution in [0.4, 0.5) is 34.1 Å². The maximum atomic E-state index is 6.63. The van der Waals surface area contributed by atoms with Crippen LogP contribution in [-0.2, 0) is 0 Å². The Kier molecular flexibility index (Phi) is 7.26. The van der Waals surface area contributed by atoms with E-state index in [1.807, 2.05) is 0 Å². The molecule has 0 N–H and O–H groups in total. The molecule has 2 aromatic heterocycles. The SMILES string of the molecule is Cc1ccc(N(c2ccccc2)c2ccc3cc4c(cc3c2)oc2cc3c(cc24)oc2cc4cc(N(c5ccccc5)c5ccc(C)cc5)ccc4cc23)cc1. The van der Waals surface area contributed by atoms with Gasteiger partial charge in [0.1, 0.15) is 22.3 Å². The van der Waals surface area contributed by atoms with Crippen molar-refractivity contribution in [3.05, 3.63) is 193 Å². The fourth-order valence-electron chi connectivity index (χ4n) is 8.22. The van der Waals surface area contributed by atoms with Gasteiger partial charge in [0, 0.05) is 55.7 Å². The minimum Gasteiger partial charge on any atom is -0.456 e. The lowest BCUT2D eigenvalue weighted by Gasteiger charge is -2.26. The van der Waals surface area contributed by atoms with Crippen LogP contribution in [0.2, 0.25) is 0 Å². The van der Waals surface area contributed by atoms with Crippen LogP contribution in [0.15, 0.2) is 191 Å². The van der Waals surface area contributed by atoms with Crippen LogP contribution in [0.5, 0.6) is 0 Å². The second-order valence-electron chi connectivity index (χ2n) is 14.8. The molecule has 0 bridgehead atoms. The largest absolute Gasteiger partial charge is 0.456 e. The summed E-state index contributed by atoms with van der Waals surface area (Å²) in [5.74, 6) is 0. The number of fused-ring (bicyclic) bond motifs is 8. The van der Waals surface area contributed by atoms with E-state index in [9.17, 15) is 0 Å². The van der Waals surface area contributed by atoms with Gasteiger partial charge in [-0.1, -0.05) is 83.9 Å². The van der Waals surface area contributed by atoms with Crippen LogP contribution < -0.4 is 9.80 Å². The molecule has 11 rings (SSSR count). The molecule has 0 aliphatic rings. The molecule has 0 saturated heterocycles. The van der Waals surface area contributed by atoms with E-state index < -0.39 is 0 Å². The third-order valence-corrected chi connectivity index (χ3v) is 11.1. The zero-order valence-electron chi connectivity index (χ0n) is 31.0. The van der Waals surface area contributed by atoms with Crippen molar-refractivity contribution >= 4 is 99.5 Å². The van der Waals surface area contributed by atoms with Gasteiger partial charge in [-0.05, 0) is 145 Å². The highest BCUT2D eigenvalue weighted by molar-refractivity contribution is 6.18. The lowest BCUT2D eigenvalue weighted by Crippen LogP contribution is -2.09. The van der Waals surface area contributed by atoms with Crippen LogP contribution in [0, 0.1) is 13.8 Å². The van der Waals surface area contributed by atoms with E-state index in [-0.39, 0.29) is 0 Å². The number of benzene rings is 9. The topological polar surface area (TPSA) is 32.8 Å². The number of aryl methyl sites for hydroxylation is 2. The van der Waals surface area contributed by atoms with E-state index >= 15 is 0 Å². The second kappa shape index (κ2) is 12.6. The van der Waals surface area contributed by atoms with Gasteiger partial charge in [0.05, 0.1) is 0 Å². The maximum absolute atomic E-state index is 6.63. The first-order chi connectivity index (χ1) is 27.5. The summed E-state index contributed by atoms with van der Waals surface area (Å²) in [4.78, 5) is 4.60. The molecule has 0 aliphatic heterocycles. The molecule has 4 heteroatoms. The standard InChI is InChI=1S/C52H36N2O2/c1-33-13-19-41(20-14-33)53(39-9-5-3-6-10-39)43-23-17-35-27-45-47-31-52-48(32-51(47)55-49(45)29-37(35)25-43)46-28-36-18-24-44(26-38(36)30-50(46)56-52)54(40-11-7-4-8-12-40)42-21-15-34(2)16-22-42/h3-32H,1-2H3. The number of anilines is 6. The third-order valence-electron chi connectivity index (χ3n) is 11.1. The molecule has 0 unspecified atom stereocenters. The van der Waals surface area contributed by atoms with Crippen molar-refractivity contribution in [2.24, 2.45) is 0 Å². The van der Waals surface area contributed by atoms with Crippen molar-refractivity contribution in [1.29, 1.82) is 0 Å². The van der Waals surface area contributed by atoms with E-state index in [1.54, 1.807) is 0 Å². The van der Waals surface area contributed by atoms with Gasteiger partial charge >= 0.3 is 0 Å². The predicted molar refractivity (Wildman–Crippen MR) is 235 cm³/mol. The molecule has 0 spiro atoms. The van der Waals surface area contributed by atoms with Crippen LogP contribution >= 0.6 is 0 Å². The molecular weight excluding hydrogens is 685 g/mol. The van der Waals surface area contributed by atoms with E-state index in [0.717, 1.165) is 99.5 Å². The highest BCUT2D eigenvalue weighted by atomic mass is 16.3. The van der Waals surface area contributed by atoms with Crippen LogP contribution in [0.1, 0.15) is 11.1 Å². The lowest BCUT2D eigenvalue weighted by atomic mass is 10.0. The van der Waals surface area contributed by atoms with Gasteiger partial charge in [-0.25, -0.2) is 0 Å². The van der Waals surface area contributed by atoms with E-state index in [0.29, 0.717) is 0 Å². The number of para-hydroxylation sites is 2. The second-order valence-corrected chi connectivity index (χ2v) is 14.8. The molecule has 0 radical (unpaired) electrons. The van der Waals surface area contributed by atoms with Crippen LogP contribution in [0.25, 0.3) is 65.4 Å². The number of furan rings is 2. The molecule has 266 valence electrons. The molecule has 0 amide bonds. The number of nitrogens with zero attached hydrogens (tertiary/aromatic N) is 2. The minimum absolute atomic E-state index is 0.850. The first kappa shape index (κ1) is 32.2. The van der Waals surface area contributed by atoms with Gasteiger partial charge in [-0.15, -0.1) is 0 Å². The Hall–Kier alpha value is -7.30. The normalized spacial score (nSPS) is 11.8. The Labute approximate surface area is 324 Å². The van der Waals surface area contributed by atoms with Gasteiger partial charge in [-0.3, -0.25) is 0 Å². The summed E-state index contributed by atoms with van der Waals surface area (Å²) in [5.41, 5.74) is 12.5. The fraction of sp³-hybridized carbons (Fsp3) is 0.0385. The monoisotopic (exact) mass is 720 g/mol. The van der Waals surface area contributed by atoms with Gasteiger partial charge in [-0.2, -0.15) is 0 Å². The lowest BCUT2D eigenvalue weighted by molar-refractivity contribution is 0.664. The van der Waals surface area contributed by atoms with Crippen molar-refractivity contribution in [3.8, 4) is 0 Å². The first-order valence-electron chi connectivity index (χ1n) is 19.1. The smallest absolute Gasteiger partial charge is 0.136 e. The Bertz CT molecular complexity index is 3030. The number of hydrogen-bond acceptors (Lipinski definition) is 4. The third kappa shape index (κ3) is 5.38. The Balaban J connectivity index is 1.00. The number of rotatable bonds is 6. The van der Waals surface area contributed by atoms with Crippen molar-refractivity contribution in [2.45, 2.75) is 13.8 Å². The molecule has 0 fully saturated rings. The zero-order valence-corrected chi connectivity index (χ0v) is 31.0. The molecule has 0 saturated carbocycles. The molecule has 0 atom stereocenters. The van der Waals surface area contributed by atoms with Crippen molar-refractivity contribution in [1.82, 2.24) is 0 Å². The van der Waals surface area contributed by atoms with Gasteiger partial charge < -0.3 is 18.6 Å². The Morgan fingerprint density at radius 3 is 1.04 bits per heavy atom. The van der Waals surface area contributed by atoms with Gasteiger partial charge in [0.2, 0.25) is 0 Å². The molecule has 4 nitrogen and oxygen atoms in total. The van der Waals surface area contributed by atoms with E-state index in [1.165, 1.54) is 11.1 Å². The summed E-state index contributed by atoms with van der Waals surface area (Å²) in [6.45, 7) is 4.24. The van der Waals surface area contributed by atoms with E-state index in [4.69, 9.17) is 8.83 Å². The summed E-state index contributed by atoms with van der Waals surface area (Å²) in [6, 6.07) is 64.9. The predicted octanol–water partition coefficient (Wildman–Crippen LogP) is 15.3. The summed E-state index contributed by atoms with van der Waals surface area (Å²) in [7, 11) is 0.